The predicted octanol–water partition coefficient (Wildman–Crippen LogP) is 4.67. The van der Waals surface area contributed by atoms with Gasteiger partial charge in [-0.2, -0.15) is 0 Å². The monoisotopic (exact) mass is 512 g/mol. The van der Waals surface area contributed by atoms with Crippen LogP contribution in [0.25, 0.3) is 0 Å². The second-order valence-corrected chi connectivity index (χ2v) is 9.38. The fraction of sp³-hybridized carbons (Fsp3) is 0.633. The van der Waals surface area contributed by atoms with Gasteiger partial charge in [0.05, 0.1) is 6.61 Å². The molecule has 0 bridgehead atoms. The molecule has 1 N–H and O–H groups in total. The van der Waals surface area contributed by atoms with Gasteiger partial charge in [0.2, 0.25) is 0 Å². The van der Waals surface area contributed by atoms with Gasteiger partial charge in [-0.25, -0.2) is 0 Å². The summed E-state index contributed by atoms with van der Waals surface area (Å²) < 4.78 is 28.6. The highest BCUT2D eigenvalue weighted by Crippen LogP contribution is 2.35. The van der Waals surface area contributed by atoms with Crippen molar-refractivity contribution < 1.29 is 33.6 Å². The van der Waals surface area contributed by atoms with Crippen molar-refractivity contribution in [2.45, 2.75) is 108 Å². The standard InChI is InChI=1S/C30H40O7/c1-3-4-5-6-7-8-9-10-11-12-13-14-18-21-25(31)36-28-26(32)27-24(35-30(28)33-2)22-34-29(37-27)23-19-16-15-17-20-23/h15-17,19-20,24,26-30,32H,3-9,14,18,21-22H2,1-2H3/t24-,26+,27-,28-,29-,30+/m1/s1. The van der Waals surface area contributed by atoms with E-state index in [1.807, 2.05) is 30.3 Å². The summed E-state index contributed by atoms with van der Waals surface area (Å²) in [6, 6.07) is 9.46. The average Bonchev–Trinajstić information content (AvgIpc) is 2.93. The molecule has 0 radical (unpaired) electrons. The first-order valence-corrected chi connectivity index (χ1v) is 13.5. The lowest BCUT2D eigenvalue weighted by atomic mass is 9.97. The van der Waals surface area contributed by atoms with Gasteiger partial charge in [0.1, 0.15) is 18.3 Å². The molecule has 2 saturated heterocycles. The minimum absolute atomic E-state index is 0.171. The first kappa shape index (κ1) is 29.2. The Kier molecular flexibility index (Phi) is 13.0. The summed E-state index contributed by atoms with van der Waals surface area (Å²) in [7, 11) is 1.44. The van der Waals surface area contributed by atoms with Gasteiger partial charge in [0, 0.05) is 31.9 Å². The van der Waals surface area contributed by atoms with E-state index < -0.39 is 43.0 Å². The van der Waals surface area contributed by atoms with Crippen LogP contribution in [0, 0.1) is 23.7 Å². The zero-order chi connectivity index (χ0) is 26.3. The summed E-state index contributed by atoms with van der Waals surface area (Å²) in [6.07, 6.45) is 4.71. The fourth-order valence-electron chi connectivity index (χ4n) is 4.40. The summed E-state index contributed by atoms with van der Waals surface area (Å²) in [5.74, 6) is 11.4. The van der Waals surface area contributed by atoms with Crippen molar-refractivity contribution in [3.05, 3.63) is 35.9 Å². The molecule has 7 nitrogen and oxygen atoms in total. The normalized spacial score (nSPS) is 26.7. The van der Waals surface area contributed by atoms with Crippen molar-refractivity contribution in [3.63, 3.8) is 0 Å². The molecule has 2 aliphatic rings. The summed E-state index contributed by atoms with van der Waals surface area (Å²) in [5.41, 5.74) is 0.837. The summed E-state index contributed by atoms with van der Waals surface area (Å²) in [6.45, 7) is 2.44. The Hall–Kier alpha value is -2.39. The number of aliphatic hydroxyl groups excluding tert-OH is 1. The highest BCUT2D eigenvalue weighted by atomic mass is 16.8. The number of carbonyl (C=O) groups is 1. The maximum atomic E-state index is 12.5. The van der Waals surface area contributed by atoms with Gasteiger partial charge in [0.15, 0.2) is 18.7 Å². The van der Waals surface area contributed by atoms with Crippen LogP contribution in [0.1, 0.15) is 83.0 Å². The molecule has 0 aromatic heterocycles. The van der Waals surface area contributed by atoms with Crippen molar-refractivity contribution in [2.75, 3.05) is 13.7 Å². The molecule has 6 atom stereocenters. The van der Waals surface area contributed by atoms with E-state index in [4.69, 9.17) is 23.7 Å². The molecule has 7 heteroatoms. The largest absolute Gasteiger partial charge is 0.454 e. The molecule has 1 aromatic carbocycles. The van der Waals surface area contributed by atoms with E-state index in [1.165, 1.54) is 39.2 Å². The Labute approximate surface area is 221 Å². The first-order valence-electron chi connectivity index (χ1n) is 13.5. The molecule has 0 saturated carbocycles. The van der Waals surface area contributed by atoms with Crippen LogP contribution in [0.2, 0.25) is 0 Å². The molecular formula is C30H40O7. The predicted molar refractivity (Wildman–Crippen MR) is 139 cm³/mol. The highest BCUT2D eigenvalue weighted by Gasteiger charge is 2.51. The maximum Gasteiger partial charge on any atom is 0.306 e. The molecule has 2 heterocycles. The molecule has 2 aliphatic heterocycles. The molecule has 0 aliphatic carbocycles. The zero-order valence-electron chi connectivity index (χ0n) is 22.0. The molecule has 0 amide bonds. The third-order valence-electron chi connectivity index (χ3n) is 6.46. The smallest absolute Gasteiger partial charge is 0.306 e. The number of hydrogen-bond donors (Lipinski definition) is 1. The number of methoxy groups -OCH3 is 1. The molecule has 0 spiro atoms. The van der Waals surface area contributed by atoms with Gasteiger partial charge in [-0.15, -0.1) is 0 Å². The van der Waals surface area contributed by atoms with Crippen LogP contribution in [-0.4, -0.2) is 55.5 Å². The van der Waals surface area contributed by atoms with E-state index in [0.717, 1.165) is 18.4 Å². The van der Waals surface area contributed by atoms with E-state index in [9.17, 15) is 9.90 Å². The Balaban J connectivity index is 1.39. The quantitative estimate of drug-likeness (QED) is 0.247. The molecule has 37 heavy (non-hydrogen) atoms. The van der Waals surface area contributed by atoms with Gasteiger partial charge >= 0.3 is 5.97 Å². The van der Waals surface area contributed by atoms with Gasteiger partial charge in [-0.3, -0.25) is 4.79 Å². The number of benzene rings is 1. The average molecular weight is 513 g/mol. The van der Waals surface area contributed by atoms with Gasteiger partial charge in [-0.05, 0) is 24.7 Å². The third kappa shape index (κ3) is 9.45. The summed E-state index contributed by atoms with van der Waals surface area (Å²) >= 11 is 0. The lowest BCUT2D eigenvalue weighted by molar-refractivity contribution is -0.358. The van der Waals surface area contributed by atoms with Crippen molar-refractivity contribution in [1.82, 2.24) is 0 Å². The fourth-order valence-corrected chi connectivity index (χ4v) is 4.40. The molecular weight excluding hydrogens is 472 g/mol. The van der Waals surface area contributed by atoms with Crippen LogP contribution < -0.4 is 0 Å². The van der Waals surface area contributed by atoms with Crippen molar-refractivity contribution in [3.8, 4) is 23.7 Å². The van der Waals surface area contributed by atoms with Gasteiger partial charge in [-0.1, -0.05) is 81.2 Å². The number of unbranched alkanes of at least 4 members (excludes halogenated alkanes) is 7. The summed E-state index contributed by atoms with van der Waals surface area (Å²) in [4.78, 5) is 12.5. The van der Waals surface area contributed by atoms with Crippen LogP contribution in [0.5, 0.6) is 0 Å². The van der Waals surface area contributed by atoms with E-state index in [2.05, 4.69) is 30.6 Å². The van der Waals surface area contributed by atoms with E-state index >= 15 is 0 Å². The number of esters is 1. The summed E-state index contributed by atoms with van der Waals surface area (Å²) in [5, 5.41) is 11.0. The zero-order valence-corrected chi connectivity index (χ0v) is 22.0. The first-order chi connectivity index (χ1) is 18.1. The van der Waals surface area contributed by atoms with Crippen LogP contribution in [0.3, 0.4) is 0 Å². The van der Waals surface area contributed by atoms with E-state index in [0.29, 0.717) is 12.8 Å². The topological polar surface area (TPSA) is 83.5 Å². The lowest BCUT2D eigenvalue weighted by Crippen LogP contribution is -2.63. The molecule has 202 valence electrons. The lowest BCUT2D eigenvalue weighted by Gasteiger charge is -2.46. The second-order valence-electron chi connectivity index (χ2n) is 9.38. The Morgan fingerprint density at radius 1 is 1.00 bits per heavy atom. The molecule has 3 rings (SSSR count). The van der Waals surface area contributed by atoms with E-state index in [1.54, 1.807) is 0 Å². The minimum Gasteiger partial charge on any atom is -0.454 e. The SMILES string of the molecule is CCCCCCCCC#CC#CCCCC(=O)O[C@H]1[C@@H](OC)O[C@@H]2CO[C@@H](c3ccccc3)O[C@H]2[C@@H]1O. The second kappa shape index (κ2) is 16.5. The number of fused-ring (bicyclic) bond motifs is 1. The van der Waals surface area contributed by atoms with Gasteiger partial charge in [0.25, 0.3) is 0 Å². The number of aliphatic hydroxyl groups is 1. The molecule has 2 fully saturated rings. The minimum atomic E-state index is -1.12. The van der Waals surface area contributed by atoms with Crippen molar-refractivity contribution >= 4 is 5.97 Å². The van der Waals surface area contributed by atoms with Gasteiger partial charge < -0.3 is 28.8 Å². The Morgan fingerprint density at radius 2 is 1.70 bits per heavy atom. The molecule has 0 unspecified atom stereocenters. The number of rotatable bonds is 12. The van der Waals surface area contributed by atoms with Crippen LogP contribution in [0.4, 0.5) is 0 Å². The van der Waals surface area contributed by atoms with Crippen molar-refractivity contribution in [2.24, 2.45) is 0 Å². The molecule has 1 aromatic rings. The van der Waals surface area contributed by atoms with E-state index in [-0.39, 0.29) is 13.0 Å². The number of carbonyl (C=O) groups excluding carboxylic acids is 1. The Morgan fingerprint density at radius 3 is 2.43 bits per heavy atom. The highest BCUT2D eigenvalue weighted by molar-refractivity contribution is 5.69. The Bertz CT molecular complexity index is 926. The van der Waals surface area contributed by atoms with Crippen molar-refractivity contribution in [1.29, 1.82) is 0 Å². The third-order valence-corrected chi connectivity index (χ3v) is 6.46. The number of hydrogen-bond acceptors (Lipinski definition) is 7. The number of ether oxygens (including phenoxy) is 5. The van der Waals surface area contributed by atoms with Crippen LogP contribution in [0.15, 0.2) is 30.3 Å². The van der Waals surface area contributed by atoms with Crippen LogP contribution >= 0.6 is 0 Å². The maximum absolute atomic E-state index is 12.5. The van der Waals surface area contributed by atoms with Crippen LogP contribution in [-0.2, 0) is 28.5 Å².